The van der Waals surface area contributed by atoms with Gasteiger partial charge < -0.3 is 14.8 Å². The summed E-state index contributed by atoms with van der Waals surface area (Å²) in [7, 11) is 1.92. The van der Waals surface area contributed by atoms with E-state index in [-0.39, 0.29) is 35.4 Å². The van der Waals surface area contributed by atoms with Crippen molar-refractivity contribution in [2.24, 2.45) is 7.05 Å². The normalized spacial score (nSPS) is 20.1. The van der Waals surface area contributed by atoms with Gasteiger partial charge in [-0.15, -0.1) is 0 Å². The highest BCUT2D eigenvalue weighted by Crippen LogP contribution is 2.24. The second-order valence-electron chi connectivity index (χ2n) is 6.85. The number of piperazine rings is 1. The number of hydrogen-bond acceptors (Lipinski definition) is 6. The molecule has 1 unspecified atom stereocenters. The Morgan fingerprint density at radius 2 is 2.21 bits per heavy atom. The molecule has 1 N–H and O–H groups in total. The second-order valence-corrected chi connectivity index (χ2v) is 7.78. The van der Waals surface area contributed by atoms with Gasteiger partial charge in [-0.25, -0.2) is 4.98 Å². The third kappa shape index (κ3) is 3.55. The van der Waals surface area contributed by atoms with Crippen LogP contribution < -0.4 is 5.32 Å². The molecule has 3 heterocycles. The van der Waals surface area contributed by atoms with Gasteiger partial charge >= 0.3 is 0 Å². The van der Waals surface area contributed by atoms with Crippen molar-refractivity contribution in [2.45, 2.75) is 12.6 Å². The fourth-order valence-corrected chi connectivity index (χ4v) is 4.29. The van der Waals surface area contributed by atoms with Gasteiger partial charge in [-0.3, -0.25) is 19.3 Å². The molecule has 1 aromatic carbocycles. The van der Waals surface area contributed by atoms with Gasteiger partial charge in [-0.2, -0.15) is 0 Å². The number of imidazole rings is 1. The molecule has 2 aliphatic heterocycles. The highest BCUT2D eigenvalue weighted by molar-refractivity contribution is 8.14. The van der Waals surface area contributed by atoms with E-state index in [4.69, 9.17) is 0 Å². The van der Waals surface area contributed by atoms with Crippen molar-refractivity contribution >= 4 is 28.8 Å². The first-order chi connectivity index (χ1) is 13.5. The van der Waals surface area contributed by atoms with Crippen LogP contribution in [0.25, 0.3) is 0 Å². The van der Waals surface area contributed by atoms with Crippen LogP contribution in [-0.2, 0) is 18.4 Å². The molecule has 0 aliphatic carbocycles. The van der Waals surface area contributed by atoms with Gasteiger partial charge in [0.25, 0.3) is 11.1 Å². The highest BCUT2D eigenvalue weighted by atomic mass is 32.2. The van der Waals surface area contributed by atoms with Gasteiger partial charge in [-0.1, -0.05) is 23.9 Å². The summed E-state index contributed by atoms with van der Waals surface area (Å²) in [6, 6.07) is 7.00. The lowest BCUT2D eigenvalue weighted by Gasteiger charge is -2.36. The molecule has 0 saturated carbocycles. The lowest BCUT2D eigenvalue weighted by Crippen LogP contribution is -2.49. The zero-order chi connectivity index (χ0) is 19.7. The zero-order valence-electron chi connectivity index (χ0n) is 15.5. The summed E-state index contributed by atoms with van der Waals surface area (Å²) in [6.45, 7) is 2.14. The number of carbonyl (C=O) groups excluding carboxylic acids is 3. The SMILES string of the molecule is Cn1ccnc1C1CNCCN1C(=O)c1cccc(CN2C(=O)CSC2=O)c1. The molecule has 1 atom stereocenters. The average molecular weight is 399 g/mol. The fourth-order valence-electron chi connectivity index (χ4n) is 3.56. The van der Waals surface area contributed by atoms with E-state index < -0.39 is 0 Å². The number of thioether (sulfide) groups is 1. The van der Waals surface area contributed by atoms with Crippen molar-refractivity contribution in [3.05, 3.63) is 53.6 Å². The molecule has 146 valence electrons. The summed E-state index contributed by atoms with van der Waals surface area (Å²) in [5, 5.41) is 3.09. The van der Waals surface area contributed by atoms with Crippen molar-refractivity contribution in [3.8, 4) is 0 Å². The fraction of sp³-hybridized carbons (Fsp3) is 0.368. The van der Waals surface area contributed by atoms with Gasteiger partial charge in [0.15, 0.2) is 0 Å². The first-order valence-electron chi connectivity index (χ1n) is 9.09. The van der Waals surface area contributed by atoms with Crippen LogP contribution in [-0.4, -0.2) is 61.8 Å². The van der Waals surface area contributed by atoms with Crippen molar-refractivity contribution in [1.82, 2.24) is 24.7 Å². The molecule has 3 amide bonds. The van der Waals surface area contributed by atoms with E-state index in [2.05, 4.69) is 10.3 Å². The topological polar surface area (TPSA) is 87.5 Å². The van der Waals surface area contributed by atoms with Crippen LogP contribution in [0, 0.1) is 0 Å². The molecule has 0 radical (unpaired) electrons. The second kappa shape index (κ2) is 7.76. The predicted molar refractivity (Wildman–Crippen MR) is 105 cm³/mol. The van der Waals surface area contributed by atoms with E-state index >= 15 is 0 Å². The standard InChI is InChI=1S/C19H21N5O3S/c1-22-7-6-21-17(22)15-10-20-5-8-23(15)18(26)14-4-2-3-13(9-14)11-24-16(25)12-28-19(24)27/h2-4,6-7,9,15,20H,5,8,10-12H2,1H3. The summed E-state index contributed by atoms with van der Waals surface area (Å²) in [4.78, 5) is 44.4. The Morgan fingerprint density at radius 3 is 2.93 bits per heavy atom. The molecule has 4 rings (SSSR count). The summed E-state index contributed by atoms with van der Waals surface area (Å²) < 4.78 is 1.93. The molecular weight excluding hydrogens is 378 g/mol. The molecule has 2 aromatic rings. The molecule has 1 aromatic heterocycles. The minimum absolute atomic E-state index is 0.0789. The number of hydrogen-bond donors (Lipinski definition) is 1. The largest absolute Gasteiger partial charge is 0.336 e. The van der Waals surface area contributed by atoms with E-state index in [0.717, 1.165) is 29.7 Å². The van der Waals surface area contributed by atoms with E-state index in [0.29, 0.717) is 18.7 Å². The van der Waals surface area contributed by atoms with Crippen LogP contribution in [0.3, 0.4) is 0 Å². The molecule has 28 heavy (non-hydrogen) atoms. The van der Waals surface area contributed by atoms with Crippen LogP contribution in [0.2, 0.25) is 0 Å². The van der Waals surface area contributed by atoms with Gasteiger partial charge in [0, 0.05) is 44.6 Å². The van der Waals surface area contributed by atoms with Crippen molar-refractivity contribution in [3.63, 3.8) is 0 Å². The molecular formula is C19H21N5O3S. The summed E-state index contributed by atoms with van der Waals surface area (Å²) in [5.74, 6) is 0.749. The number of aryl methyl sites for hydroxylation is 1. The van der Waals surface area contributed by atoms with Crippen LogP contribution in [0.4, 0.5) is 4.79 Å². The maximum absolute atomic E-state index is 13.2. The monoisotopic (exact) mass is 399 g/mol. The minimum atomic E-state index is -0.237. The molecule has 9 heteroatoms. The number of nitrogens with one attached hydrogen (secondary N) is 1. The Labute approximate surface area is 166 Å². The average Bonchev–Trinajstić information content (AvgIpc) is 3.28. The third-order valence-electron chi connectivity index (χ3n) is 5.02. The Balaban J connectivity index is 1.56. The third-order valence-corrected chi connectivity index (χ3v) is 5.87. The summed E-state index contributed by atoms with van der Waals surface area (Å²) >= 11 is 1.01. The van der Waals surface area contributed by atoms with Crippen LogP contribution >= 0.6 is 11.8 Å². The zero-order valence-corrected chi connectivity index (χ0v) is 16.3. The lowest BCUT2D eigenvalue weighted by molar-refractivity contribution is -0.125. The molecule has 8 nitrogen and oxygen atoms in total. The van der Waals surface area contributed by atoms with E-state index in [1.54, 1.807) is 24.4 Å². The van der Waals surface area contributed by atoms with Crippen molar-refractivity contribution in [2.75, 3.05) is 25.4 Å². The quantitative estimate of drug-likeness (QED) is 0.836. The maximum atomic E-state index is 13.2. The number of imide groups is 1. The van der Waals surface area contributed by atoms with Crippen molar-refractivity contribution in [1.29, 1.82) is 0 Å². The predicted octanol–water partition coefficient (Wildman–Crippen LogP) is 1.40. The van der Waals surface area contributed by atoms with Gasteiger partial charge in [-0.05, 0) is 17.7 Å². The molecule has 2 fully saturated rings. The number of rotatable bonds is 4. The Hall–Kier alpha value is -2.65. The molecule has 0 spiro atoms. The van der Waals surface area contributed by atoms with Crippen molar-refractivity contribution < 1.29 is 14.4 Å². The number of benzene rings is 1. The summed E-state index contributed by atoms with van der Waals surface area (Å²) in [5.41, 5.74) is 1.31. The van der Waals surface area contributed by atoms with Gasteiger partial charge in [0.2, 0.25) is 5.91 Å². The van der Waals surface area contributed by atoms with Gasteiger partial charge in [0.05, 0.1) is 12.3 Å². The number of amides is 3. The summed E-state index contributed by atoms with van der Waals surface area (Å²) in [6.07, 6.45) is 3.60. The number of nitrogens with zero attached hydrogens (tertiary/aromatic N) is 4. The molecule has 0 bridgehead atoms. The number of carbonyl (C=O) groups is 3. The Morgan fingerprint density at radius 1 is 1.36 bits per heavy atom. The lowest BCUT2D eigenvalue weighted by atomic mass is 10.1. The Kier molecular flexibility index (Phi) is 5.19. The van der Waals surface area contributed by atoms with E-state index in [9.17, 15) is 14.4 Å². The smallest absolute Gasteiger partial charge is 0.289 e. The Bertz CT molecular complexity index is 912. The maximum Gasteiger partial charge on any atom is 0.289 e. The molecule has 2 aliphatic rings. The van der Waals surface area contributed by atoms with Gasteiger partial charge in [0.1, 0.15) is 11.9 Å². The van der Waals surface area contributed by atoms with E-state index in [1.165, 1.54) is 4.90 Å². The van der Waals surface area contributed by atoms with Crippen LogP contribution in [0.15, 0.2) is 36.7 Å². The first-order valence-corrected chi connectivity index (χ1v) is 10.1. The molecule has 2 saturated heterocycles. The van der Waals surface area contributed by atoms with Crippen LogP contribution in [0.1, 0.15) is 27.8 Å². The number of aromatic nitrogens is 2. The highest BCUT2D eigenvalue weighted by Gasteiger charge is 2.32. The van der Waals surface area contributed by atoms with Crippen LogP contribution in [0.5, 0.6) is 0 Å². The first kappa shape index (κ1) is 18.7. The minimum Gasteiger partial charge on any atom is -0.336 e. The van der Waals surface area contributed by atoms with E-state index in [1.807, 2.05) is 28.8 Å².